The summed E-state index contributed by atoms with van der Waals surface area (Å²) in [4.78, 5) is 0. The van der Waals surface area contributed by atoms with E-state index in [1.807, 2.05) is 0 Å². The number of rotatable bonds is 4. The molecule has 1 aliphatic rings. The maximum absolute atomic E-state index is 3.53. The van der Waals surface area contributed by atoms with Crippen LogP contribution in [0.3, 0.4) is 0 Å². The molecule has 1 aromatic carbocycles. The first-order valence-electron chi connectivity index (χ1n) is 6.65. The number of anilines is 1. The summed E-state index contributed by atoms with van der Waals surface area (Å²) in [6.45, 7) is 3.28. The van der Waals surface area contributed by atoms with E-state index in [0.717, 1.165) is 12.5 Å². The lowest BCUT2D eigenvalue weighted by molar-refractivity contribution is 0.345. The average molecular weight is 217 g/mol. The molecule has 0 unspecified atom stereocenters. The fraction of sp³-hybridized carbons (Fsp3) is 0.600. The number of benzene rings is 1. The van der Waals surface area contributed by atoms with Crippen LogP contribution in [0.2, 0.25) is 0 Å². The molecule has 1 heteroatoms. The third-order valence-corrected chi connectivity index (χ3v) is 3.62. The van der Waals surface area contributed by atoms with Crippen molar-refractivity contribution in [2.45, 2.75) is 45.4 Å². The normalized spacial score (nSPS) is 17.3. The Morgan fingerprint density at radius 1 is 1.19 bits per heavy atom. The van der Waals surface area contributed by atoms with Crippen molar-refractivity contribution in [1.29, 1.82) is 0 Å². The minimum Gasteiger partial charge on any atom is -0.385 e. The van der Waals surface area contributed by atoms with E-state index in [1.165, 1.54) is 49.8 Å². The van der Waals surface area contributed by atoms with Crippen molar-refractivity contribution in [1.82, 2.24) is 0 Å². The fourth-order valence-electron chi connectivity index (χ4n) is 2.65. The molecule has 1 aliphatic carbocycles. The molecule has 1 aromatic rings. The SMILES string of the molecule is Cc1cccc(NCCC2CCCCC2)c1. The third-order valence-electron chi connectivity index (χ3n) is 3.62. The first kappa shape index (κ1) is 11.5. The smallest absolute Gasteiger partial charge is 0.0342 e. The van der Waals surface area contributed by atoms with Gasteiger partial charge in [-0.3, -0.25) is 0 Å². The highest BCUT2D eigenvalue weighted by Gasteiger charge is 2.12. The van der Waals surface area contributed by atoms with E-state index >= 15 is 0 Å². The predicted molar refractivity (Wildman–Crippen MR) is 70.9 cm³/mol. The first-order chi connectivity index (χ1) is 7.84. The van der Waals surface area contributed by atoms with E-state index in [1.54, 1.807) is 0 Å². The highest BCUT2D eigenvalue weighted by Crippen LogP contribution is 2.26. The molecule has 0 saturated heterocycles. The maximum atomic E-state index is 3.53. The van der Waals surface area contributed by atoms with Crippen LogP contribution in [0.25, 0.3) is 0 Å². The number of hydrogen-bond acceptors (Lipinski definition) is 1. The van der Waals surface area contributed by atoms with Gasteiger partial charge in [0.1, 0.15) is 0 Å². The molecule has 16 heavy (non-hydrogen) atoms. The second-order valence-electron chi connectivity index (χ2n) is 5.09. The van der Waals surface area contributed by atoms with Gasteiger partial charge in [-0.05, 0) is 37.0 Å². The number of aryl methyl sites for hydroxylation is 1. The molecule has 1 fully saturated rings. The molecule has 88 valence electrons. The van der Waals surface area contributed by atoms with Crippen LogP contribution in [0, 0.1) is 12.8 Å². The summed E-state index contributed by atoms with van der Waals surface area (Å²) in [5.41, 5.74) is 2.61. The maximum Gasteiger partial charge on any atom is 0.0342 e. The summed E-state index contributed by atoms with van der Waals surface area (Å²) in [5.74, 6) is 0.978. The number of nitrogens with one attached hydrogen (secondary N) is 1. The van der Waals surface area contributed by atoms with Crippen LogP contribution >= 0.6 is 0 Å². The van der Waals surface area contributed by atoms with Crippen LogP contribution in [0.5, 0.6) is 0 Å². The average Bonchev–Trinajstić information content (AvgIpc) is 2.30. The summed E-state index contributed by atoms with van der Waals surface area (Å²) in [6.07, 6.45) is 8.62. The summed E-state index contributed by atoms with van der Waals surface area (Å²) in [5, 5.41) is 3.53. The summed E-state index contributed by atoms with van der Waals surface area (Å²) < 4.78 is 0. The zero-order chi connectivity index (χ0) is 11.2. The lowest BCUT2D eigenvalue weighted by atomic mass is 9.87. The number of hydrogen-bond donors (Lipinski definition) is 1. The van der Waals surface area contributed by atoms with Gasteiger partial charge in [-0.1, -0.05) is 44.2 Å². The second-order valence-corrected chi connectivity index (χ2v) is 5.09. The van der Waals surface area contributed by atoms with Crippen molar-refractivity contribution in [2.24, 2.45) is 5.92 Å². The Morgan fingerprint density at radius 3 is 2.75 bits per heavy atom. The van der Waals surface area contributed by atoms with Gasteiger partial charge in [-0.2, -0.15) is 0 Å². The largest absolute Gasteiger partial charge is 0.385 e. The van der Waals surface area contributed by atoms with Crippen molar-refractivity contribution >= 4 is 5.69 Å². The molecule has 0 atom stereocenters. The topological polar surface area (TPSA) is 12.0 Å². The predicted octanol–water partition coefficient (Wildman–Crippen LogP) is 4.38. The molecule has 0 heterocycles. The first-order valence-corrected chi connectivity index (χ1v) is 6.65. The summed E-state index contributed by atoms with van der Waals surface area (Å²) in [7, 11) is 0. The molecule has 0 bridgehead atoms. The quantitative estimate of drug-likeness (QED) is 0.789. The molecular formula is C15H23N. The summed E-state index contributed by atoms with van der Waals surface area (Å²) >= 11 is 0. The monoisotopic (exact) mass is 217 g/mol. The van der Waals surface area contributed by atoms with Crippen molar-refractivity contribution < 1.29 is 0 Å². The van der Waals surface area contributed by atoms with E-state index < -0.39 is 0 Å². The van der Waals surface area contributed by atoms with Crippen LogP contribution in [-0.4, -0.2) is 6.54 Å². The zero-order valence-corrected chi connectivity index (χ0v) is 10.3. The van der Waals surface area contributed by atoms with Crippen LogP contribution in [-0.2, 0) is 0 Å². The highest BCUT2D eigenvalue weighted by molar-refractivity contribution is 5.45. The Labute approximate surface area is 99.3 Å². The molecular weight excluding hydrogens is 194 g/mol. The van der Waals surface area contributed by atoms with Crippen LogP contribution in [0.4, 0.5) is 5.69 Å². The van der Waals surface area contributed by atoms with Crippen LogP contribution in [0.15, 0.2) is 24.3 Å². The molecule has 1 nitrogen and oxygen atoms in total. The van der Waals surface area contributed by atoms with Crippen molar-refractivity contribution in [2.75, 3.05) is 11.9 Å². The van der Waals surface area contributed by atoms with Crippen molar-refractivity contribution in [3.8, 4) is 0 Å². The Hall–Kier alpha value is -0.980. The van der Waals surface area contributed by atoms with Crippen molar-refractivity contribution in [3.05, 3.63) is 29.8 Å². The van der Waals surface area contributed by atoms with E-state index in [4.69, 9.17) is 0 Å². The molecule has 1 saturated carbocycles. The molecule has 0 aromatic heterocycles. The van der Waals surface area contributed by atoms with E-state index in [2.05, 4.69) is 36.5 Å². The van der Waals surface area contributed by atoms with Gasteiger partial charge in [-0.15, -0.1) is 0 Å². The lowest BCUT2D eigenvalue weighted by Crippen LogP contribution is -2.12. The summed E-state index contributed by atoms with van der Waals surface area (Å²) in [6, 6.07) is 8.65. The van der Waals surface area contributed by atoms with E-state index in [-0.39, 0.29) is 0 Å². The van der Waals surface area contributed by atoms with Gasteiger partial charge in [-0.25, -0.2) is 0 Å². The van der Waals surface area contributed by atoms with Gasteiger partial charge in [0.05, 0.1) is 0 Å². The van der Waals surface area contributed by atoms with Gasteiger partial charge in [0, 0.05) is 12.2 Å². The fourth-order valence-corrected chi connectivity index (χ4v) is 2.65. The molecule has 0 amide bonds. The van der Waals surface area contributed by atoms with Gasteiger partial charge in [0.25, 0.3) is 0 Å². The minimum atomic E-state index is 0.978. The molecule has 0 spiro atoms. The second kappa shape index (κ2) is 5.93. The molecule has 0 aliphatic heterocycles. The van der Waals surface area contributed by atoms with Gasteiger partial charge >= 0.3 is 0 Å². The Kier molecular flexibility index (Phi) is 4.26. The Balaban J connectivity index is 1.71. The standard InChI is InChI=1S/C15H23N/c1-13-6-5-9-15(12-13)16-11-10-14-7-3-2-4-8-14/h5-6,9,12,14,16H,2-4,7-8,10-11H2,1H3. The van der Waals surface area contributed by atoms with E-state index in [0.29, 0.717) is 0 Å². The third kappa shape index (κ3) is 3.55. The van der Waals surface area contributed by atoms with Crippen molar-refractivity contribution in [3.63, 3.8) is 0 Å². The van der Waals surface area contributed by atoms with Crippen LogP contribution < -0.4 is 5.32 Å². The van der Waals surface area contributed by atoms with E-state index in [9.17, 15) is 0 Å². The zero-order valence-electron chi connectivity index (χ0n) is 10.3. The Bertz CT molecular complexity index is 313. The van der Waals surface area contributed by atoms with Crippen LogP contribution in [0.1, 0.15) is 44.1 Å². The van der Waals surface area contributed by atoms with Gasteiger partial charge < -0.3 is 5.32 Å². The Morgan fingerprint density at radius 2 is 2.00 bits per heavy atom. The minimum absolute atomic E-state index is 0.978. The van der Waals surface area contributed by atoms with Gasteiger partial charge in [0.15, 0.2) is 0 Å². The highest BCUT2D eigenvalue weighted by atomic mass is 14.9. The molecule has 2 rings (SSSR count). The lowest BCUT2D eigenvalue weighted by Gasteiger charge is -2.21. The van der Waals surface area contributed by atoms with Gasteiger partial charge in [0.2, 0.25) is 0 Å². The molecule has 1 N–H and O–H groups in total. The molecule has 0 radical (unpaired) electrons.